The smallest absolute Gasteiger partial charge is 0.0949 e. The van der Waals surface area contributed by atoms with E-state index in [1.165, 1.54) is 54.8 Å². The van der Waals surface area contributed by atoms with E-state index >= 15 is 0 Å². The first-order valence-corrected chi connectivity index (χ1v) is 11.3. The van der Waals surface area contributed by atoms with Crippen molar-refractivity contribution < 1.29 is 0 Å². The van der Waals surface area contributed by atoms with Gasteiger partial charge in [-0.25, -0.2) is 0 Å². The Morgan fingerprint density at radius 1 is 0.515 bits per heavy atom. The Bertz CT molecular complexity index is 1910. The van der Waals surface area contributed by atoms with Crippen LogP contribution in [0.15, 0.2) is 109 Å². The summed E-state index contributed by atoms with van der Waals surface area (Å²) in [6.07, 6.45) is 1.91. The topological polar surface area (TPSA) is 17.8 Å². The van der Waals surface area contributed by atoms with E-state index in [0.29, 0.717) is 0 Å². The minimum absolute atomic E-state index is 1.04. The third kappa shape index (κ3) is 2.10. The molecule has 0 bridgehead atoms. The molecule has 0 fully saturated rings. The fraction of sp³-hybridized carbons (Fsp3) is 0. The van der Waals surface area contributed by atoms with E-state index in [1.807, 2.05) is 12.3 Å². The number of para-hydroxylation sites is 1. The lowest BCUT2D eigenvalue weighted by molar-refractivity contribution is 1.18. The van der Waals surface area contributed by atoms with Crippen LogP contribution < -0.4 is 0 Å². The van der Waals surface area contributed by atoms with Crippen LogP contribution in [0.25, 0.3) is 71.4 Å². The fourth-order valence-corrected chi connectivity index (χ4v) is 5.84. The number of pyridine rings is 1. The van der Waals surface area contributed by atoms with Crippen molar-refractivity contribution in [2.45, 2.75) is 0 Å². The Labute approximate surface area is 190 Å². The van der Waals surface area contributed by atoms with Gasteiger partial charge < -0.3 is 4.57 Å². The van der Waals surface area contributed by atoms with Crippen molar-refractivity contribution in [3.63, 3.8) is 0 Å². The van der Waals surface area contributed by atoms with Gasteiger partial charge in [0.2, 0.25) is 0 Å². The van der Waals surface area contributed by atoms with Crippen molar-refractivity contribution in [1.82, 2.24) is 9.55 Å². The van der Waals surface area contributed by atoms with E-state index in [1.54, 1.807) is 0 Å². The van der Waals surface area contributed by atoms with Crippen LogP contribution in [-0.2, 0) is 0 Å². The van der Waals surface area contributed by atoms with Gasteiger partial charge in [0.25, 0.3) is 0 Å². The zero-order valence-electron chi connectivity index (χ0n) is 17.8. The highest BCUT2D eigenvalue weighted by Crippen LogP contribution is 2.50. The van der Waals surface area contributed by atoms with Gasteiger partial charge in [-0.2, -0.15) is 0 Å². The van der Waals surface area contributed by atoms with Crippen LogP contribution in [0.4, 0.5) is 0 Å². The number of rotatable bonds is 1. The third-order valence-corrected chi connectivity index (χ3v) is 7.13. The molecule has 0 radical (unpaired) electrons. The Hall–Kier alpha value is -4.43. The molecular formula is C31H18N2. The standard InChI is InChI=1S/C31H18N2/c1-2-10-21(11-3-1)33-26-16-15-19-8-6-14-24-22-12-4-5-13-23(22)25-18-20-9-7-17-32-30(20)31(33)28(25)29(26)27(19)24/h1-18H. The molecule has 0 aliphatic heterocycles. The molecule has 5 aromatic carbocycles. The number of fused-ring (bicyclic) bond motifs is 5. The minimum Gasteiger partial charge on any atom is -0.307 e. The van der Waals surface area contributed by atoms with E-state index in [4.69, 9.17) is 4.98 Å². The first-order valence-electron chi connectivity index (χ1n) is 11.3. The quantitative estimate of drug-likeness (QED) is 0.263. The lowest BCUT2D eigenvalue weighted by Gasteiger charge is -2.14. The van der Waals surface area contributed by atoms with Crippen molar-refractivity contribution in [2.75, 3.05) is 0 Å². The summed E-state index contributed by atoms with van der Waals surface area (Å²) in [5, 5.41) is 6.38. The van der Waals surface area contributed by atoms with Gasteiger partial charge in [0.15, 0.2) is 0 Å². The van der Waals surface area contributed by atoms with Crippen molar-refractivity contribution in [2.24, 2.45) is 0 Å². The third-order valence-electron chi connectivity index (χ3n) is 7.13. The molecule has 2 aromatic heterocycles. The lowest BCUT2D eigenvalue weighted by Crippen LogP contribution is -1.96. The molecule has 0 amide bonds. The van der Waals surface area contributed by atoms with Crippen LogP contribution in [0.5, 0.6) is 0 Å². The van der Waals surface area contributed by atoms with Crippen LogP contribution in [0.3, 0.4) is 0 Å². The Morgan fingerprint density at radius 3 is 2.15 bits per heavy atom. The first-order chi connectivity index (χ1) is 16.4. The average molecular weight is 418 g/mol. The van der Waals surface area contributed by atoms with Crippen molar-refractivity contribution in [1.29, 1.82) is 0 Å². The molecule has 8 rings (SSSR count). The molecule has 0 atom stereocenters. The van der Waals surface area contributed by atoms with Gasteiger partial charge in [-0.15, -0.1) is 0 Å². The lowest BCUT2D eigenvalue weighted by atomic mass is 9.93. The Morgan fingerprint density at radius 2 is 1.27 bits per heavy atom. The second-order valence-corrected chi connectivity index (χ2v) is 8.80. The van der Waals surface area contributed by atoms with Gasteiger partial charge >= 0.3 is 0 Å². The van der Waals surface area contributed by atoms with Crippen LogP contribution in [0, 0.1) is 0 Å². The first kappa shape index (κ1) is 17.2. The maximum atomic E-state index is 4.90. The SMILES string of the molecule is c1ccc(-n2c3ccc4cccc5c4c3c3c(cc4cccnc4c32)-c2ccccc2-5)cc1. The molecule has 0 saturated heterocycles. The van der Waals surface area contributed by atoms with Crippen molar-refractivity contribution in [3.05, 3.63) is 109 Å². The molecular weight excluding hydrogens is 400 g/mol. The summed E-state index contributed by atoms with van der Waals surface area (Å²) in [4.78, 5) is 4.90. The van der Waals surface area contributed by atoms with Crippen LogP contribution in [0.1, 0.15) is 0 Å². The number of hydrogen-bond acceptors (Lipinski definition) is 1. The summed E-state index contributed by atoms with van der Waals surface area (Å²) in [5.41, 5.74) is 9.77. The zero-order valence-corrected chi connectivity index (χ0v) is 17.8. The summed E-state index contributed by atoms with van der Waals surface area (Å²) >= 11 is 0. The highest BCUT2D eigenvalue weighted by molar-refractivity contribution is 6.33. The largest absolute Gasteiger partial charge is 0.307 e. The highest BCUT2D eigenvalue weighted by Gasteiger charge is 2.26. The molecule has 7 aromatic rings. The molecule has 2 heteroatoms. The average Bonchev–Trinajstić information content (AvgIpc) is 3.18. The summed E-state index contributed by atoms with van der Waals surface area (Å²) in [6.45, 7) is 0. The van der Waals surface area contributed by atoms with Gasteiger partial charge in [-0.3, -0.25) is 4.98 Å². The van der Waals surface area contributed by atoms with Crippen LogP contribution >= 0.6 is 0 Å². The van der Waals surface area contributed by atoms with Gasteiger partial charge in [0.1, 0.15) is 0 Å². The van der Waals surface area contributed by atoms with E-state index < -0.39 is 0 Å². The molecule has 33 heavy (non-hydrogen) atoms. The van der Waals surface area contributed by atoms with E-state index in [2.05, 4.69) is 102 Å². The second kappa shape index (κ2) is 6.08. The number of hydrogen-bond donors (Lipinski definition) is 0. The molecule has 1 aliphatic rings. The van der Waals surface area contributed by atoms with E-state index in [9.17, 15) is 0 Å². The maximum absolute atomic E-state index is 4.90. The summed E-state index contributed by atoms with van der Waals surface area (Å²) in [6, 6.07) is 37.3. The second-order valence-electron chi connectivity index (χ2n) is 8.80. The minimum atomic E-state index is 1.04. The number of nitrogens with zero attached hydrogens (tertiary/aromatic N) is 2. The van der Waals surface area contributed by atoms with Gasteiger partial charge in [-0.1, -0.05) is 72.8 Å². The van der Waals surface area contributed by atoms with Gasteiger partial charge in [-0.05, 0) is 63.4 Å². The molecule has 2 heterocycles. The predicted octanol–water partition coefficient (Wildman–Crippen LogP) is 8.13. The van der Waals surface area contributed by atoms with Gasteiger partial charge in [0, 0.05) is 28.0 Å². The molecule has 0 saturated carbocycles. The Balaban J connectivity index is 1.79. The molecule has 0 N–H and O–H groups in total. The Kier molecular flexibility index (Phi) is 3.16. The summed E-state index contributed by atoms with van der Waals surface area (Å²) < 4.78 is 2.41. The summed E-state index contributed by atoms with van der Waals surface area (Å²) in [7, 11) is 0. The molecule has 152 valence electrons. The van der Waals surface area contributed by atoms with Crippen LogP contribution in [-0.4, -0.2) is 9.55 Å². The van der Waals surface area contributed by atoms with Crippen molar-refractivity contribution >= 4 is 43.5 Å². The van der Waals surface area contributed by atoms with E-state index in [-0.39, 0.29) is 0 Å². The fourth-order valence-electron chi connectivity index (χ4n) is 5.84. The molecule has 1 aliphatic carbocycles. The molecule has 0 spiro atoms. The molecule has 2 nitrogen and oxygen atoms in total. The monoisotopic (exact) mass is 418 g/mol. The molecule has 0 unspecified atom stereocenters. The van der Waals surface area contributed by atoms with Crippen molar-refractivity contribution in [3.8, 4) is 27.9 Å². The number of aromatic nitrogens is 2. The zero-order chi connectivity index (χ0) is 21.5. The predicted molar refractivity (Wildman–Crippen MR) is 138 cm³/mol. The van der Waals surface area contributed by atoms with E-state index in [0.717, 1.165) is 16.6 Å². The maximum Gasteiger partial charge on any atom is 0.0949 e. The normalized spacial score (nSPS) is 12.2. The number of benzene rings is 5. The summed E-state index contributed by atoms with van der Waals surface area (Å²) in [5.74, 6) is 0. The van der Waals surface area contributed by atoms with Gasteiger partial charge in [0.05, 0.1) is 16.6 Å². The van der Waals surface area contributed by atoms with Crippen LogP contribution in [0.2, 0.25) is 0 Å². The highest BCUT2D eigenvalue weighted by atomic mass is 15.0.